The van der Waals surface area contributed by atoms with Crippen molar-refractivity contribution >= 4 is 50.9 Å². The van der Waals surface area contributed by atoms with Crippen LogP contribution in [0.4, 0.5) is 10.5 Å². The van der Waals surface area contributed by atoms with E-state index in [0.717, 1.165) is 36.1 Å². The molecule has 1 heterocycles. The van der Waals surface area contributed by atoms with Crippen LogP contribution in [0.5, 0.6) is 0 Å². The average molecular weight is 395 g/mol. The molecule has 4 nitrogen and oxygen atoms in total. The number of likely N-dealkylation sites (tertiary alicyclic amines) is 1. The Hall–Kier alpha value is -0.650. The molecule has 0 radical (unpaired) electrons. The van der Waals surface area contributed by atoms with E-state index in [2.05, 4.69) is 21.2 Å². The topological polar surface area (TPSA) is 35.6 Å². The summed E-state index contributed by atoms with van der Waals surface area (Å²) in [6, 6.07) is 4.15. The molecule has 2 amide bonds. The van der Waals surface area contributed by atoms with Crippen molar-refractivity contribution in [3.05, 3.63) is 26.7 Å². The smallest absolute Gasteiger partial charge is 0.319 e. The van der Waals surface area contributed by atoms with Crippen LogP contribution in [0.25, 0.3) is 0 Å². The third-order valence-electron chi connectivity index (χ3n) is 3.54. The van der Waals surface area contributed by atoms with Crippen molar-refractivity contribution in [2.75, 3.05) is 32.5 Å². The minimum Gasteiger partial charge on any atom is -0.381 e. The minimum absolute atomic E-state index is 0.0677. The molecular weight excluding hydrogens is 377 g/mol. The Morgan fingerprint density at radius 1 is 1.29 bits per heavy atom. The molecule has 0 bridgehead atoms. The minimum atomic E-state index is 0.0677. The quantitative estimate of drug-likeness (QED) is 0.758. The number of halogens is 3. The Morgan fingerprint density at radius 2 is 1.90 bits per heavy atom. The molecule has 1 aliphatic heterocycles. The van der Waals surface area contributed by atoms with Crippen LogP contribution in [-0.2, 0) is 0 Å². The summed E-state index contributed by atoms with van der Waals surface area (Å²) in [5.74, 6) is 0. The lowest BCUT2D eigenvalue weighted by molar-refractivity contribution is 0.158. The maximum Gasteiger partial charge on any atom is 0.319 e. The van der Waals surface area contributed by atoms with Crippen LogP contribution >= 0.6 is 39.1 Å². The highest BCUT2D eigenvalue weighted by molar-refractivity contribution is 9.10. The highest BCUT2D eigenvalue weighted by Gasteiger charge is 2.24. The maximum absolute atomic E-state index is 11.9. The summed E-state index contributed by atoms with van der Waals surface area (Å²) in [6.07, 6.45) is 1.78. The lowest BCUT2D eigenvalue weighted by Crippen LogP contribution is -2.46. The first-order chi connectivity index (χ1) is 9.90. The molecule has 1 aliphatic rings. The van der Waals surface area contributed by atoms with Crippen LogP contribution in [0.15, 0.2) is 16.6 Å². The molecule has 2 rings (SSSR count). The number of nitrogens with zero attached hydrogens (tertiary/aromatic N) is 2. The van der Waals surface area contributed by atoms with E-state index in [1.54, 1.807) is 19.0 Å². The van der Waals surface area contributed by atoms with Gasteiger partial charge in [0, 0.05) is 37.7 Å². The second kappa shape index (κ2) is 7.07. The van der Waals surface area contributed by atoms with Crippen LogP contribution in [0.3, 0.4) is 0 Å². The molecule has 0 aromatic heterocycles. The third kappa shape index (κ3) is 3.96. The van der Waals surface area contributed by atoms with Gasteiger partial charge in [0.25, 0.3) is 0 Å². The number of nitrogens with one attached hydrogen (secondary N) is 1. The molecular formula is C14H18BrCl2N3O. The van der Waals surface area contributed by atoms with E-state index < -0.39 is 0 Å². The SMILES string of the molecule is CN(C)C(=O)N1CCC(Nc2ccc(Br)c(Cl)c2Cl)CC1. The van der Waals surface area contributed by atoms with Crippen molar-refractivity contribution in [1.82, 2.24) is 9.80 Å². The maximum atomic E-state index is 11.9. The first kappa shape index (κ1) is 16.7. The molecule has 1 aromatic rings. The van der Waals surface area contributed by atoms with E-state index in [0.29, 0.717) is 16.1 Å². The Morgan fingerprint density at radius 3 is 2.48 bits per heavy atom. The van der Waals surface area contributed by atoms with Gasteiger partial charge in [-0.15, -0.1) is 0 Å². The van der Waals surface area contributed by atoms with Crippen molar-refractivity contribution in [3.8, 4) is 0 Å². The van der Waals surface area contributed by atoms with Crippen molar-refractivity contribution in [2.45, 2.75) is 18.9 Å². The number of carbonyl (C=O) groups excluding carboxylic acids is 1. The van der Waals surface area contributed by atoms with E-state index in [-0.39, 0.29) is 6.03 Å². The van der Waals surface area contributed by atoms with Crippen LogP contribution < -0.4 is 5.32 Å². The standard InChI is InChI=1S/C14H18BrCl2N3O/c1-19(2)14(21)20-7-5-9(6-8-20)18-11-4-3-10(15)12(16)13(11)17/h3-4,9,18H,5-8H2,1-2H3. The van der Waals surface area contributed by atoms with Gasteiger partial charge in [0.15, 0.2) is 0 Å². The van der Waals surface area contributed by atoms with E-state index >= 15 is 0 Å². The van der Waals surface area contributed by atoms with Crippen molar-refractivity contribution in [2.24, 2.45) is 0 Å². The van der Waals surface area contributed by atoms with Crippen LogP contribution in [0.1, 0.15) is 12.8 Å². The Balaban J connectivity index is 1.95. The number of carbonyl (C=O) groups is 1. The molecule has 21 heavy (non-hydrogen) atoms. The second-order valence-corrected chi connectivity index (χ2v) is 6.92. The number of anilines is 1. The lowest BCUT2D eigenvalue weighted by Gasteiger charge is -2.34. The summed E-state index contributed by atoms with van der Waals surface area (Å²) >= 11 is 15.7. The monoisotopic (exact) mass is 393 g/mol. The summed E-state index contributed by atoms with van der Waals surface area (Å²) in [4.78, 5) is 15.4. The molecule has 0 spiro atoms. The van der Waals surface area contributed by atoms with Gasteiger partial charge in [-0.25, -0.2) is 4.79 Å². The molecule has 1 fully saturated rings. The largest absolute Gasteiger partial charge is 0.381 e. The first-order valence-electron chi connectivity index (χ1n) is 6.76. The van der Waals surface area contributed by atoms with Gasteiger partial charge in [0.05, 0.1) is 15.7 Å². The number of hydrogen-bond donors (Lipinski definition) is 1. The number of rotatable bonds is 2. The number of piperidine rings is 1. The molecule has 1 saturated heterocycles. The zero-order valence-corrected chi connectivity index (χ0v) is 15.1. The molecule has 1 aromatic carbocycles. The van der Waals surface area contributed by atoms with E-state index in [1.165, 1.54) is 0 Å². The Bertz CT molecular complexity index is 531. The summed E-state index contributed by atoms with van der Waals surface area (Å²) in [5.41, 5.74) is 0.835. The predicted octanol–water partition coefficient (Wildman–Crippen LogP) is 4.31. The van der Waals surface area contributed by atoms with Crippen molar-refractivity contribution < 1.29 is 4.79 Å². The number of benzene rings is 1. The molecule has 0 unspecified atom stereocenters. The summed E-state index contributed by atoms with van der Waals surface area (Å²) < 4.78 is 0.783. The van der Waals surface area contributed by atoms with Crippen molar-refractivity contribution in [1.29, 1.82) is 0 Å². The highest BCUT2D eigenvalue weighted by Crippen LogP contribution is 2.36. The van der Waals surface area contributed by atoms with E-state index in [4.69, 9.17) is 23.2 Å². The van der Waals surface area contributed by atoms with Crippen molar-refractivity contribution in [3.63, 3.8) is 0 Å². The molecule has 0 aliphatic carbocycles. The predicted molar refractivity (Wildman–Crippen MR) is 91.5 cm³/mol. The lowest BCUT2D eigenvalue weighted by atomic mass is 10.0. The molecule has 0 atom stereocenters. The van der Waals surface area contributed by atoms with Gasteiger partial charge in [-0.05, 0) is 40.9 Å². The summed E-state index contributed by atoms with van der Waals surface area (Å²) in [7, 11) is 3.55. The number of urea groups is 1. The summed E-state index contributed by atoms with van der Waals surface area (Å²) in [6.45, 7) is 1.49. The number of hydrogen-bond acceptors (Lipinski definition) is 2. The zero-order chi connectivity index (χ0) is 15.6. The fourth-order valence-electron chi connectivity index (χ4n) is 2.36. The van der Waals surface area contributed by atoms with Gasteiger partial charge in [0.1, 0.15) is 0 Å². The van der Waals surface area contributed by atoms with Gasteiger partial charge in [-0.1, -0.05) is 23.2 Å². The van der Waals surface area contributed by atoms with Gasteiger partial charge in [-0.3, -0.25) is 0 Å². The zero-order valence-electron chi connectivity index (χ0n) is 12.0. The van der Waals surface area contributed by atoms with Gasteiger partial charge < -0.3 is 15.1 Å². The van der Waals surface area contributed by atoms with Gasteiger partial charge in [0.2, 0.25) is 0 Å². The van der Waals surface area contributed by atoms with Crippen LogP contribution in [0.2, 0.25) is 10.0 Å². The average Bonchev–Trinajstić information content (AvgIpc) is 2.48. The number of amides is 2. The summed E-state index contributed by atoms with van der Waals surface area (Å²) in [5, 5.41) is 4.46. The second-order valence-electron chi connectivity index (χ2n) is 5.31. The van der Waals surface area contributed by atoms with E-state index in [9.17, 15) is 4.79 Å². The molecule has 1 N–H and O–H groups in total. The normalized spacial score (nSPS) is 16.0. The molecule has 116 valence electrons. The fourth-order valence-corrected chi connectivity index (χ4v) is 3.18. The first-order valence-corrected chi connectivity index (χ1v) is 8.31. The Labute approximate surface area is 143 Å². The fraction of sp³-hybridized carbons (Fsp3) is 0.500. The van der Waals surface area contributed by atoms with Crippen LogP contribution in [-0.4, -0.2) is 49.1 Å². The third-order valence-corrected chi connectivity index (χ3v) is 5.31. The van der Waals surface area contributed by atoms with E-state index in [1.807, 2.05) is 17.0 Å². The molecule has 7 heteroatoms. The highest BCUT2D eigenvalue weighted by atomic mass is 79.9. The van der Waals surface area contributed by atoms with Gasteiger partial charge >= 0.3 is 6.03 Å². The van der Waals surface area contributed by atoms with Gasteiger partial charge in [-0.2, -0.15) is 0 Å². The molecule has 0 saturated carbocycles. The Kier molecular flexibility index (Phi) is 5.63. The van der Waals surface area contributed by atoms with Crippen LogP contribution in [0, 0.1) is 0 Å².